The van der Waals surface area contributed by atoms with Gasteiger partial charge in [-0.25, -0.2) is 0 Å². The molecule has 0 fully saturated rings. The lowest BCUT2D eigenvalue weighted by Gasteiger charge is -2.35. The maximum absolute atomic E-state index is 12.1. The van der Waals surface area contributed by atoms with Crippen molar-refractivity contribution in [2.45, 2.75) is 11.5 Å². The number of hydrogen-bond donors (Lipinski definition) is 5. The average molecular weight is 399 g/mol. The van der Waals surface area contributed by atoms with Crippen LogP contribution in [0.4, 0.5) is 0 Å². The number of nitrogens with zero attached hydrogens (tertiary/aromatic N) is 1. The first-order chi connectivity index (χ1) is 12.0. The zero-order chi connectivity index (χ0) is 19.6. The zero-order valence-corrected chi connectivity index (χ0v) is 14.9. The van der Waals surface area contributed by atoms with Crippen LogP contribution in [-0.4, -0.2) is 29.8 Å². The van der Waals surface area contributed by atoms with E-state index in [0.29, 0.717) is 0 Å². The van der Waals surface area contributed by atoms with Gasteiger partial charge in [-0.3, -0.25) is 9.13 Å². The summed E-state index contributed by atoms with van der Waals surface area (Å²) in [7, 11) is -11.0. The first-order valence-corrected chi connectivity index (χ1v) is 10.3. The van der Waals surface area contributed by atoms with Gasteiger partial charge in [0.15, 0.2) is 0 Å². The van der Waals surface area contributed by atoms with E-state index in [1.54, 1.807) is 0 Å². The smallest absolute Gasteiger partial charge is 0.381 e. The molecule has 0 aliphatic carbocycles. The number of aromatic hydroxyl groups is 1. The Morgan fingerprint density at radius 3 is 1.85 bits per heavy atom. The Morgan fingerprint density at radius 2 is 1.42 bits per heavy atom. The van der Waals surface area contributed by atoms with Crippen molar-refractivity contribution in [3.63, 3.8) is 0 Å². The summed E-state index contributed by atoms with van der Waals surface area (Å²) < 4.78 is 29.3. The second kappa shape index (κ2) is 7.22. The molecule has 9 nitrogen and oxygen atoms in total. The predicted octanol–water partition coefficient (Wildman–Crippen LogP) is 1.89. The Hall–Kier alpha value is -2.17. The lowest BCUT2D eigenvalue weighted by atomic mass is 10.1. The summed E-state index contributed by atoms with van der Waals surface area (Å²) in [5.74, 6) is -0.412. The third kappa shape index (κ3) is 4.14. The molecule has 138 valence electrons. The number of phenolic OH excluding ortho intramolecular Hbond substituents is 1. The lowest BCUT2D eigenvalue weighted by molar-refractivity contribution is 0.152. The molecule has 2 aromatic rings. The maximum Gasteiger partial charge on any atom is 0.381 e. The van der Waals surface area contributed by atoms with Crippen molar-refractivity contribution in [2.24, 2.45) is 0 Å². The van der Waals surface area contributed by atoms with Crippen LogP contribution in [0.5, 0.6) is 11.5 Å². The molecule has 0 aliphatic heterocycles. The molecule has 11 heteroatoms. The number of hydrogen-bond acceptors (Lipinski definition) is 5. The van der Waals surface area contributed by atoms with E-state index in [-0.39, 0.29) is 22.6 Å². The minimum atomic E-state index is -5.50. The standard InChI is InChI=1S/C15H15NO8P2/c16-10-12-3-1-11(2-4-12)9-15(25(18,19)20,26(21,22)23)24-14-7-5-13(17)6-8-14/h1-8,17H,9H2,(H2,18,19,20)(H2,21,22,23). The maximum atomic E-state index is 12.1. The Morgan fingerprint density at radius 1 is 0.923 bits per heavy atom. The van der Waals surface area contributed by atoms with Crippen molar-refractivity contribution in [3.8, 4) is 17.6 Å². The number of rotatable bonds is 6. The van der Waals surface area contributed by atoms with Crippen molar-refractivity contribution in [3.05, 3.63) is 59.7 Å². The van der Waals surface area contributed by atoms with Crippen molar-refractivity contribution in [1.82, 2.24) is 0 Å². The van der Waals surface area contributed by atoms with E-state index in [1.165, 1.54) is 24.3 Å². The van der Waals surface area contributed by atoms with E-state index < -0.39 is 26.7 Å². The molecular weight excluding hydrogens is 384 g/mol. The summed E-state index contributed by atoms with van der Waals surface area (Å²) in [4.78, 5) is 38.9. The molecule has 0 unspecified atom stereocenters. The van der Waals surface area contributed by atoms with E-state index in [2.05, 4.69) is 0 Å². The summed E-state index contributed by atoms with van der Waals surface area (Å²) in [6.07, 6.45) is -0.811. The van der Waals surface area contributed by atoms with Crippen LogP contribution in [0.25, 0.3) is 0 Å². The molecular formula is C15H15NO8P2. The molecule has 0 amide bonds. The molecule has 2 rings (SSSR count). The number of benzene rings is 2. The van der Waals surface area contributed by atoms with Gasteiger partial charge >= 0.3 is 20.3 Å². The van der Waals surface area contributed by atoms with Gasteiger partial charge in [-0.15, -0.1) is 0 Å². The van der Waals surface area contributed by atoms with E-state index >= 15 is 0 Å². The highest BCUT2D eigenvalue weighted by Crippen LogP contribution is 2.70. The second-order valence-corrected chi connectivity index (χ2v) is 9.39. The lowest BCUT2D eigenvalue weighted by Crippen LogP contribution is -2.38. The Bertz CT molecular complexity index is 886. The molecule has 0 saturated heterocycles. The highest BCUT2D eigenvalue weighted by atomic mass is 31.2. The van der Waals surface area contributed by atoms with Crippen molar-refractivity contribution >= 4 is 15.2 Å². The van der Waals surface area contributed by atoms with Crippen molar-refractivity contribution in [1.29, 1.82) is 5.26 Å². The molecule has 26 heavy (non-hydrogen) atoms. The van der Waals surface area contributed by atoms with Crippen LogP contribution >= 0.6 is 15.2 Å². The van der Waals surface area contributed by atoms with E-state index in [4.69, 9.17) is 10.00 Å². The molecule has 0 radical (unpaired) electrons. The van der Waals surface area contributed by atoms with Gasteiger partial charge in [0.05, 0.1) is 11.6 Å². The summed E-state index contributed by atoms with van der Waals surface area (Å²) in [6.45, 7) is 0. The molecule has 0 atom stereocenters. The first kappa shape index (κ1) is 20.1. The van der Waals surface area contributed by atoms with Crippen LogP contribution in [0.15, 0.2) is 48.5 Å². The molecule has 0 heterocycles. The number of nitriles is 1. The van der Waals surface area contributed by atoms with Crippen LogP contribution < -0.4 is 4.74 Å². The largest absolute Gasteiger partial charge is 0.508 e. The second-order valence-electron chi connectivity index (χ2n) is 5.41. The van der Waals surface area contributed by atoms with E-state index in [9.17, 15) is 33.8 Å². The first-order valence-electron chi connectivity index (χ1n) is 7.07. The average Bonchev–Trinajstić information content (AvgIpc) is 2.54. The number of ether oxygens (including phenoxy) is 1. The number of phenols is 1. The van der Waals surface area contributed by atoms with Gasteiger partial charge in [-0.1, -0.05) is 12.1 Å². The van der Waals surface area contributed by atoms with Gasteiger partial charge in [0, 0.05) is 6.42 Å². The monoisotopic (exact) mass is 399 g/mol. The minimum Gasteiger partial charge on any atom is -0.508 e. The van der Waals surface area contributed by atoms with E-state index in [0.717, 1.165) is 24.3 Å². The third-order valence-electron chi connectivity index (χ3n) is 3.55. The van der Waals surface area contributed by atoms with Crippen LogP contribution in [0, 0.1) is 11.3 Å². The molecule has 2 aromatic carbocycles. The Balaban J connectivity index is 2.55. The fourth-order valence-electron chi connectivity index (χ4n) is 2.20. The van der Waals surface area contributed by atoms with Gasteiger partial charge < -0.3 is 29.4 Å². The fourth-order valence-corrected chi connectivity index (χ4v) is 4.78. The highest BCUT2D eigenvalue weighted by molar-refractivity contribution is 7.72. The topological polar surface area (TPSA) is 168 Å². The van der Waals surface area contributed by atoms with Crippen LogP contribution in [0.1, 0.15) is 11.1 Å². The predicted molar refractivity (Wildman–Crippen MR) is 90.4 cm³/mol. The molecule has 0 bridgehead atoms. The minimum absolute atomic E-state index is 0.148. The fraction of sp³-hybridized carbons (Fsp3) is 0.133. The molecule has 5 N–H and O–H groups in total. The summed E-state index contributed by atoms with van der Waals surface area (Å²) in [6, 6.07) is 11.7. The molecule has 0 aromatic heterocycles. The summed E-state index contributed by atoms with van der Waals surface area (Å²) in [5, 5.41) is 14.9. The van der Waals surface area contributed by atoms with Crippen LogP contribution in [-0.2, 0) is 15.6 Å². The summed E-state index contributed by atoms with van der Waals surface area (Å²) >= 11 is 0. The van der Waals surface area contributed by atoms with Gasteiger partial charge in [0.25, 0.3) is 0 Å². The molecule has 0 spiro atoms. The quantitative estimate of drug-likeness (QED) is 0.455. The van der Waals surface area contributed by atoms with Gasteiger partial charge in [-0.05, 0) is 42.0 Å². The third-order valence-corrected chi connectivity index (χ3v) is 7.43. The highest BCUT2D eigenvalue weighted by Gasteiger charge is 2.63. The van der Waals surface area contributed by atoms with Crippen LogP contribution in [0.2, 0.25) is 0 Å². The van der Waals surface area contributed by atoms with Gasteiger partial charge in [-0.2, -0.15) is 5.26 Å². The van der Waals surface area contributed by atoms with Gasteiger partial charge in [0.2, 0.25) is 0 Å². The Kier molecular flexibility index (Phi) is 5.59. The molecule has 0 aliphatic rings. The Labute approximate surface area is 148 Å². The van der Waals surface area contributed by atoms with E-state index in [1.807, 2.05) is 6.07 Å². The van der Waals surface area contributed by atoms with Crippen molar-refractivity contribution in [2.75, 3.05) is 0 Å². The zero-order valence-electron chi connectivity index (χ0n) is 13.1. The van der Waals surface area contributed by atoms with Crippen LogP contribution in [0.3, 0.4) is 0 Å². The van der Waals surface area contributed by atoms with Gasteiger partial charge in [0.1, 0.15) is 11.5 Å². The normalized spacial score (nSPS) is 12.4. The SMILES string of the molecule is N#Cc1ccc(CC(Oc2ccc(O)cc2)(P(=O)(O)O)P(=O)(O)O)cc1. The summed E-state index contributed by atoms with van der Waals surface area (Å²) in [5.41, 5.74) is 0.417. The van der Waals surface area contributed by atoms with Crippen molar-refractivity contribution < 1.29 is 38.5 Å². The molecule has 0 saturated carbocycles.